The third kappa shape index (κ3) is 5.19. The van der Waals surface area contributed by atoms with Gasteiger partial charge in [-0.15, -0.1) is 0 Å². The van der Waals surface area contributed by atoms with Crippen molar-refractivity contribution in [3.63, 3.8) is 0 Å². The molecule has 1 aliphatic carbocycles. The largest absolute Gasteiger partial charge is 0.446 e. The van der Waals surface area contributed by atoms with E-state index >= 15 is 0 Å². The Bertz CT molecular complexity index is 425. The van der Waals surface area contributed by atoms with Crippen LogP contribution in [-0.4, -0.2) is 12.1 Å². The number of halogens is 3. The van der Waals surface area contributed by atoms with Crippen molar-refractivity contribution in [2.24, 2.45) is 5.92 Å². The molecule has 1 N–H and O–H groups in total. The summed E-state index contributed by atoms with van der Waals surface area (Å²) in [6.45, 7) is 0.871. The minimum Gasteiger partial charge on any atom is -0.385 e. The molecule has 0 saturated heterocycles. The normalized spacial score (nSPS) is 19.4. The molecular weight excluding hydrogens is 271 g/mol. The summed E-state index contributed by atoms with van der Waals surface area (Å²) in [6.07, 6.45) is 7.76. The first-order valence-corrected chi connectivity index (χ1v) is 7.09. The molecule has 0 amide bonds. The molecular formula is C14H16F3NS. The van der Waals surface area contributed by atoms with Gasteiger partial charge in [0.2, 0.25) is 0 Å². The van der Waals surface area contributed by atoms with E-state index in [1.807, 2.05) is 0 Å². The Morgan fingerprint density at radius 3 is 2.47 bits per heavy atom. The lowest BCUT2D eigenvalue weighted by molar-refractivity contribution is -0.0328. The van der Waals surface area contributed by atoms with E-state index in [1.54, 1.807) is 12.1 Å². The van der Waals surface area contributed by atoms with Crippen LogP contribution in [0.25, 0.3) is 0 Å². The molecule has 1 unspecified atom stereocenters. The van der Waals surface area contributed by atoms with Crippen molar-refractivity contribution in [2.45, 2.75) is 29.7 Å². The first kappa shape index (κ1) is 14.3. The van der Waals surface area contributed by atoms with Crippen molar-refractivity contribution in [1.29, 1.82) is 0 Å². The van der Waals surface area contributed by atoms with Gasteiger partial charge in [0.05, 0.1) is 0 Å². The zero-order valence-electron chi connectivity index (χ0n) is 10.4. The zero-order chi connectivity index (χ0) is 13.7. The van der Waals surface area contributed by atoms with Crippen LogP contribution in [0.1, 0.15) is 19.3 Å². The Morgan fingerprint density at radius 1 is 1.16 bits per heavy atom. The highest BCUT2D eigenvalue weighted by Crippen LogP contribution is 2.37. The molecule has 1 nitrogen and oxygen atoms in total. The van der Waals surface area contributed by atoms with Crippen LogP contribution in [-0.2, 0) is 0 Å². The number of benzene rings is 1. The van der Waals surface area contributed by atoms with E-state index < -0.39 is 5.51 Å². The summed E-state index contributed by atoms with van der Waals surface area (Å²) in [4.78, 5) is 0.221. The molecule has 1 aliphatic rings. The van der Waals surface area contributed by atoms with Crippen LogP contribution in [0.3, 0.4) is 0 Å². The molecule has 0 heterocycles. The summed E-state index contributed by atoms with van der Waals surface area (Å²) in [7, 11) is 0. The van der Waals surface area contributed by atoms with E-state index in [4.69, 9.17) is 0 Å². The lowest BCUT2D eigenvalue weighted by Gasteiger charge is -2.18. The minimum absolute atomic E-state index is 0.0813. The lowest BCUT2D eigenvalue weighted by Crippen LogP contribution is -2.15. The van der Waals surface area contributed by atoms with Gasteiger partial charge in [-0.1, -0.05) is 12.2 Å². The average Bonchev–Trinajstić information content (AvgIpc) is 2.37. The van der Waals surface area contributed by atoms with Crippen LogP contribution in [0.4, 0.5) is 18.9 Å². The maximum absolute atomic E-state index is 12.2. The second-order valence-electron chi connectivity index (χ2n) is 4.60. The van der Waals surface area contributed by atoms with Gasteiger partial charge in [0, 0.05) is 17.1 Å². The van der Waals surface area contributed by atoms with E-state index in [9.17, 15) is 13.2 Å². The molecule has 0 fully saturated rings. The second-order valence-corrected chi connectivity index (χ2v) is 5.74. The van der Waals surface area contributed by atoms with Crippen molar-refractivity contribution in [2.75, 3.05) is 11.9 Å². The SMILES string of the molecule is FC(F)(F)Sc1ccc(NCC2CC=CCC2)cc1. The second kappa shape index (κ2) is 6.37. The summed E-state index contributed by atoms with van der Waals surface area (Å²) in [5.74, 6) is 0.620. The quantitative estimate of drug-likeness (QED) is 0.613. The fourth-order valence-electron chi connectivity index (χ4n) is 2.08. The summed E-state index contributed by atoms with van der Waals surface area (Å²) in [5, 5.41) is 3.28. The van der Waals surface area contributed by atoms with Gasteiger partial charge < -0.3 is 5.32 Å². The number of anilines is 1. The number of hydrogen-bond acceptors (Lipinski definition) is 2. The van der Waals surface area contributed by atoms with Crippen LogP contribution in [0.5, 0.6) is 0 Å². The van der Waals surface area contributed by atoms with Crippen molar-refractivity contribution >= 4 is 17.4 Å². The van der Waals surface area contributed by atoms with Gasteiger partial charge >= 0.3 is 5.51 Å². The molecule has 5 heteroatoms. The third-order valence-electron chi connectivity index (χ3n) is 3.06. The van der Waals surface area contributed by atoms with Crippen LogP contribution in [0.2, 0.25) is 0 Å². The average molecular weight is 287 g/mol. The van der Waals surface area contributed by atoms with Crippen LogP contribution in [0, 0.1) is 5.92 Å². The lowest BCUT2D eigenvalue weighted by atomic mass is 9.94. The fourth-order valence-corrected chi connectivity index (χ4v) is 2.62. The molecule has 0 aliphatic heterocycles. The number of alkyl halides is 3. The maximum atomic E-state index is 12.2. The highest BCUT2D eigenvalue weighted by Gasteiger charge is 2.28. The summed E-state index contributed by atoms with van der Waals surface area (Å²) >= 11 is -0.0813. The first-order chi connectivity index (χ1) is 9.03. The summed E-state index contributed by atoms with van der Waals surface area (Å²) < 4.78 is 36.5. The number of rotatable bonds is 4. The number of nitrogens with one attached hydrogen (secondary N) is 1. The first-order valence-electron chi connectivity index (χ1n) is 6.27. The van der Waals surface area contributed by atoms with Gasteiger partial charge in [-0.05, 0) is 61.2 Å². The topological polar surface area (TPSA) is 12.0 Å². The number of hydrogen-bond donors (Lipinski definition) is 1. The minimum atomic E-state index is -4.22. The van der Waals surface area contributed by atoms with Gasteiger partial charge in [0.15, 0.2) is 0 Å². The molecule has 1 aromatic rings. The van der Waals surface area contributed by atoms with E-state index in [2.05, 4.69) is 17.5 Å². The van der Waals surface area contributed by atoms with Gasteiger partial charge in [-0.2, -0.15) is 13.2 Å². The Hall–Kier alpha value is -1.10. The Kier molecular flexibility index (Phi) is 4.80. The molecule has 19 heavy (non-hydrogen) atoms. The van der Waals surface area contributed by atoms with Gasteiger partial charge in [-0.3, -0.25) is 0 Å². The predicted molar refractivity (Wildman–Crippen MR) is 73.3 cm³/mol. The Balaban J connectivity index is 1.83. The highest BCUT2D eigenvalue weighted by atomic mass is 32.2. The van der Waals surface area contributed by atoms with Crippen LogP contribution >= 0.6 is 11.8 Å². The van der Waals surface area contributed by atoms with E-state index in [0.717, 1.165) is 25.1 Å². The van der Waals surface area contributed by atoms with Crippen molar-refractivity contribution in [3.05, 3.63) is 36.4 Å². The standard InChI is InChI=1S/C14H16F3NS/c15-14(16,17)19-13-8-6-12(7-9-13)18-10-11-4-2-1-3-5-11/h1-2,6-9,11,18H,3-5,10H2. The van der Waals surface area contributed by atoms with Crippen LogP contribution < -0.4 is 5.32 Å². The smallest absolute Gasteiger partial charge is 0.385 e. The summed E-state index contributed by atoms with van der Waals surface area (Å²) in [6, 6.07) is 6.40. The molecule has 104 valence electrons. The Morgan fingerprint density at radius 2 is 1.89 bits per heavy atom. The molecule has 1 atom stereocenters. The van der Waals surface area contributed by atoms with Gasteiger partial charge in [0.1, 0.15) is 0 Å². The fraction of sp³-hybridized carbons (Fsp3) is 0.429. The van der Waals surface area contributed by atoms with E-state index in [-0.39, 0.29) is 16.7 Å². The number of allylic oxidation sites excluding steroid dienone is 2. The van der Waals surface area contributed by atoms with Crippen molar-refractivity contribution in [1.82, 2.24) is 0 Å². The third-order valence-corrected chi connectivity index (χ3v) is 3.80. The summed E-state index contributed by atoms with van der Waals surface area (Å²) in [5.41, 5.74) is -3.34. The molecule has 0 bridgehead atoms. The molecule has 0 aromatic heterocycles. The van der Waals surface area contributed by atoms with Crippen molar-refractivity contribution in [3.8, 4) is 0 Å². The highest BCUT2D eigenvalue weighted by molar-refractivity contribution is 8.00. The molecule has 2 rings (SSSR count). The van der Waals surface area contributed by atoms with E-state index in [0.29, 0.717) is 5.92 Å². The molecule has 0 radical (unpaired) electrons. The zero-order valence-corrected chi connectivity index (χ0v) is 11.2. The number of thioether (sulfide) groups is 1. The predicted octanol–water partition coefficient (Wildman–Crippen LogP) is 5.07. The van der Waals surface area contributed by atoms with E-state index in [1.165, 1.54) is 18.6 Å². The van der Waals surface area contributed by atoms with Gasteiger partial charge in [0.25, 0.3) is 0 Å². The molecule has 0 saturated carbocycles. The maximum Gasteiger partial charge on any atom is 0.446 e. The molecule has 1 aromatic carbocycles. The van der Waals surface area contributed by atoms with Crippen LogP contribution in [0.15, 0.2) is 41.3 Å². The Labute approximate surface area is 115 Å². The van der Waals surface area contributed by atoms with Gasteiger partial charge in [-0.25, -0.2) is 0 Å². The molecule has 0 spiro atoms. The van der Waals surface area contributed by atoms with Crippen molar-refractivity contribution < 1.29 is 13.2 Å². The monoisotopic (exact) mass is 287 g/mol.